The van der Waals surface area contributed by atoms with Crippen molar-refractivity contribution in [2.75, 3.05) is 0 Å². The molecule has 0 unspecified atom stereocenters. The van der Waals surface area contributed by atoms with Crippen LogP contribution in [0.2, 0.25) is 0 Å². The van der Waals surface area contributed by atoms with Crippen molar-refractivity contribution in [3.63, 3.8) is 0 Å². The van der Waals surface area contributed by atoms with E-state index in [2.05, 4.69) is 4.98 Å². The maximum Gasteiger partial charge on any atom is 0.182 e. The van der Waals surface area contributed by atoms with Crippen molar-refractivity contribution in [1.29, 1.82) is 0 Å². The summed E-state index contributed by atoms with van der Waals surface area (Å²) in [5.41, 5.74) is 0.884. The Hall–Kier alpha value is -0.0900. The third kappa shape index (κ3) is 1.20. The number of halogens is 1. The summed E-state index contributed by atoms with van der Waals surface area (Å²) in [5.74, 6) is 0. The summed E-state index contributed by atoms with van der Waals surface area (Å²) in [4.78, 5) is 3.84. The zero-order valence-corrected chi connectivity index (χ0v) is 5.85. The number of hydrogen-bond donors (Lipinski definition) is 0. The van der Waals surface area contributed by atoms with Gasteiger partial charge in [0.2, 0.25) is 0 Å². The molecule has 0 aromatic carbocycles. The lowest BCUT2D eigenvalue weighted by Crippen LogP contribution is -1.65. The number of aryl methyl sites for hydroxylation is 1. The summed E-state index contributed by atoms with van der Waals surface area (Å²) in [6, 6.07) is 0. The van der Waals surface area contributed by atoms with Gasteiger partial charge in [-0.2, -0.15) is 3.89 Å². The molecule has 0 aliphatic rings. The van der Waals surface area contributed by atoms with Gasteiger partial charge < -0.3 is 0 Å². The molecule has 1 aromatic heterocycles. The minimum absolute atomic E-state index is 0.197. The van der Waals surface area contributed by atoms with Crippen molar-refractivity contribution in [1.82, 2.24) is 4.98 Å². The first kappa shape index (κ1) is 6.04. The first-order chi connectivity index (χ1) is 3.83. The van der Waals surface area contributed by atoms with E-state index in [4.69, 9.17) is 0 Å². The lowest BCUT2D eigenvalue weighted by molar-refractivity contribution is 0.928. The second kappa shape index (κ2) is 2.46. The van der Waals surface area contributed by atoms with Gasteiger partial charge in [-0.15, -0.1) is 11.3 Å². The molecule has 0 spiro atoms. The van der Waals surface area contributed by atoms with Crippen LogP contribution in [0.1, 0.15) is 5.69 Å². The van der Waals surface area contributed by atoms with Gasteiger partial charge in [0.25, 0.3) is 0 Å². The molecule has 0 saturated carbocycles. The monoisotopic (exact) mass is 149 g/mol. The van der Waals surface area contributed by atoms with E-state index in [0.717, 1.165) is 5.69 Å². The number of hydrogen-bond acceptors (Lipinski definition) is 3. The fourth-order valence-corrected chi connectivity index (χ4v) is 1.36. The van der Waals surface area contributed by atoms with Crippen molar-refractivity contribution in [3.05, 3.63) is 11.1 Å². The van der Waals surface area contributed by atoms with Crippen LogP contribution in [-0.4, -0.2) is 4.98 Å². The van der Waals surface area contributed by atoms with Crippen LogP contribution in [0.25, 0.3) is 0 Å². The second-order valence-electron chi connectivity index (χ2n) is 1.33. The summed E-state index contributed by atoms with van der Waals surface area (Å²) >= 11 is 1.52. The van der Waals surface area contributed by atoms with Gasteiger partial charge in [-0.3, -0.25) is 0 Å². The molecule has 0 saturated heterocycles. The highest BCUT2D eigenvalue weighted by atomic mass is 32.2. The SMILES string of the molecule is Cc1csc(SF)n1. The van der Waals surface area contributed by atoms with E-state index < -0.39 is 0 Å². The number of thiazole rings is 1. The Bertz CT molecular complexity index is 174. The van der Waals surface area contributed by atoms with Crippen molar-refractivity contribution >= 4 is 23.5 Å². The van der Waals surface area contributed by atoms with E-state index in [1.165, 1.54) is 11.3 Å². The predicted octanol–water partition coefficient (Wildman–Crippen LogP) is 2.43. The molecule has 1 rings (SSSR count). The molecule has 1 nitrogen and oxygen atoms in total. The maximum atomic E-state index is 11.6. The zero-order chi connectivity index (χ0) is 5.98. The van der Waals surface area contributed by atoms with Crippen molar-refractivity contribution in [2.45, 2.75) is 11.3 Å². The van der Waals surface area contributed by atoms with E-state index >= 15 is 0 Å². The lowest BCUT2D eigenvalue weighted by Gasteiger charge is -1.74. The number of aromatic nitrogens is 1. The predicted molar refractivity (Wildman–Crippen MR) is 33.8 cm³/mol. The average molecular weight is 149 g/mol. The van der Waals surface area contributed by atoms with Gasteiger partial charge in [0.15, 0.2) is 4.34 Å². The van der Waals surface area contributed by atoms with Crippen molar-refractivity contribution in [2.24, 2.45) is 0 Å². The average Bonchev–Trinajstić information content (AvgIpc) is 2.14. The van der Waals surface area contributed by atoms with Gasteiger partial charge in [-0.25, -0.2) is 4.98 Å². The molecule has 1 heterocycles. The number of nitrogens with zero attached hydrogens (tertiary/aromatic N) is 1. The van der Waals surface area contributed by atoms with E-state index in [0.29, 0.717) is 4.34 Å². The van der Waals surface area contributed by atoms with Gasteiger partial charge in [0.1, 0.15) is 12.1 Å². The summed E-state index contributed by atoms with van der Waals surface area (Å²) in [7, 11) is 0. The third-order valence-corrected chi connectivity index (χ3v) is 2.12. The molecule has 0 radical (unpaired) electrons. The minimum atomic E-state index is 0.197. The Morgan fingerprint density at radius 2 is 2.62 bits per heavy atom. The third-order valence-electron chi connectivity index (χ3n) is 0.664. The number of rotatable bonds is 1. The molecule has 44 valence electrons. The van der Waals surface area contributed by atoms with E-state index in [1.807, 2.05) is 12.3 Å². The van der Waals surface area contributed by atoms with Crippen LogP contribution in [-0.2, 0) is 0 Å². The molecular formula is C4H4FNS2. The van der Waals surface area contributed by atoms with Crippen LogP contribution in [0.5, 0.6) is 0 Å². The molecule has 0 bridgehead atoms. The molecule has 4 heteroatoms. The molecular weight excluding hydrogens is 145 g/mol. The Kier molecular flexibility index (Phi) is 1.85. The van der Waals surface area contributed by atoms with Gasteiger partial charge >= 0.3 is 0 Å². The highest BCUT2D eigenvalue weighted by Crippen LogP contribution is 2.22. The smallest absolute Gasteiger partial charge is 0.182 e. The van der Waals surface area contributed by atoms with Crippen LogP contribution in [0.4, 0.5) is 3.89 Å². The zero-order valence-electron chi connectivity index (χ0n) is 4.22. The molecule has 0 N–H and O–H groups in total. The Balaban J connectivity index is 2.84. The lowest BCUT2D eigenvalue weighted by atomic mass is 10.6. The fraction of sp³-hybridized carbons (Fsp3) is 0.250. The summed E-state index contributed by atoms with van der Waals surface area (Å²) in [6.07, 6.45) is 0. The first-order valence-electron chi connectivity index (χ1n) is 2.03. The van der Waals surface area contributed by atoms with Crippen LogP contribution in [0.3, 0.4) is 0 Å². The Labute approximate surface area is 55.2 Å². The summed E-state index contributed by atoms with van der Waals surface area (Å²) < 4.78 is 12.1. The molecule has 1 aromatic rings. The minimum Gasteiger partial charge on any atom is -0.233 e. The largest absolute Gasteiger partial charge is 0.233 e. The summed E-state index contributed by atoms with van der Waals surface area (Å²) in [5, 5.41) is 1.82. The van der Waals surface area contributed by atoms with Crippen LogP contribution < -0.4 is 0 Å². The van der Waals surface area contributed by atoms with Crippen LogP contribution in [0, 0.1) is 6.92 Å². The van der Waals surface area contributed by atoms with Crippen LogP contribution >= 0.6 is 23.5 Å². The Morgan fingerprint density at radius 3 is 2.88 bits per heavy atom. The van der Waals surface area contributed by atoms with Gasteiger partial charge in [0, 0.05) is 11.1 Å². The topological polar surface area (TPSA) is 12.9 Å². The summed E-state index contributed by atoms with van der Waals surface area (Å²) in [6.45, 7) is 1.84. The Morgan fingerprint density at radius 1 is 1.88 bits per heavy atom. The van der Waals surface area contributed by atoms with Crippen LogP contribution in [0.15, 0.2) is 9.72 Å². The van der Waals surface area contributed by atoms with Crippen molar-refractivity contribution in [3.8, 4) is 0 Å². The highest BCUT2D eigenvalue weighted by molar-refractivity contribution is 7.96. The van der Waals surface area contributed by atoms with E-state index in [9.17, 15) is 3.89 Å². The van der Waals surface area contributed by atoms with Gasteiger partial charge in [-0.05, 0) is 6.92 Å². The van der Waals surface area contributed by atoms with Gasteiger partial charge in [-0.1, -0.05) is 0 Å². The highest BCUT2D eigenvalue weighted by Gasteiger charge is 1.95. The second-order valence-corrected chi connectivity index (χ2v) is 2.99. The normalized spacial score (nSPS) is 9.75. The van der Waals surface area contributed by atoms with E-state index in [1.54, 1.807) is 0 Å². The molecule has 0 amide bonds. The standard InChI is InChI=1S/C4H4FNS2/c1-3-2-7-4(6-3)8-5/h2H,1H3. The van der Waals surface area contributed by atoms with Crippen molar-refractivity contribution < 1.29 is 3.89 Å². The molecule has 0 aliphatic heterocycles. The molecule has 0 aliphatic carbocycles. The fourth-order valence-electron chi connectivity index (χ4n) is 0.368. The maximum absolute atomic E-state index is 11.6. The molecule has 0 fully saturated rings. The van der Waals surface area contributed by atoms with Gasteiger partial charge in [0.05, 0.1) is 0 Å². The first-order valence-corrected chi connectivity index (χ1v) is 3.63. The molecule has 8 heavy (non-hydrogen) atoms. The molecule has 0 atom stereocenters. The quantitative estimate of drug-likeness (QED) is 0.608. The van der Waals surface area contributed by atoms with E-state index in [-0.39, 0.29) is 12.1 Å².